The van der Waals surface area contributed by atoms with Gasteiger partial charge in [0.15, 0.2) is 0 Å². The molecular formula is C10H14MnO4. The number of carbonyl (C=O) groups excluding carboxylic acids is 4. The molecule has 0 saturated carbocycles. The Hall–Kier alpha value is -0.801. The molecule has 0 aromatic heterocycles. The van der Waals surface area contributed by atoms with Gasteiger partial charge in [0.25, 0.3) is 0 Å². The summed E-state index contributed by atoms with van der Waals surface area (Å²) < 4.78 is 0. The third-order valence-corrected chi connectivity index (χ3v) is 2.90. The molecule has 0 aliphatic heterocycles. The molecule has 0 bridgehead atoms. The Labute approximate surface area is 95.0 Å². The summed E-state index contributed by atoms with van der Waals surface area (Å²) in [5.74, 6) is -0.558. The van der Waals surface area contributed by atoms with Crippen molar-refractivity contribution >= 4 is 23.1 Å². The van der Waals surface area contributed by atoms with E-state index in [0.717, 1.165) is 0 Å². The summed E-state index contributed by atoms with van der Waals surface area (Å²) in [6, 6.07) is 0. The number of rotatable bonds is 8. The first-order chi connectivity index (χ1) is 6.91. The van der Waals surface area contributed by atoms with Crippen molar-refractivity contribution in [1.29, 1.82) is 0 Å². The Balaban J connectivity index is 3.61. The second-order valence-corrected chi connectivity index (χ2v) is 4.72. The average molecular weight is 253 g/mol. The van der Waals surface area contributed by atoms with Gasteiger partial charge in [-0.25, -0.2) is 0 Å². The molecule has 0 unspecified atom stereocenters. The molecule has 0 aromatic carbocycles. The molecule has 0 amide bonds. The van der Waals surface area contributed by atoms with Crippen LogP contribution in [0.15, 0.2) is 0 Å². The fourth-order valence-electron chi connectivity index (χ4n) is 0.908. The Morgan fingerprint density at radius 1 is 0.800 bits per heavy atom. The van der Waals surface area contributed by atoms with E-state index in [1.165, 1.54) is 13.8 Å². The predicted molar refractivity (Wildman–Crippen MR) is 50.2 cm³/mol. The SMILES string of the molecule is CC(=O)CC(=O)[CH2][Mn][CH2]C(=O)CC(C)=O. The number of Topliss-reactive ketones (excluding diaryl/α,β-unsaturated/α-hetero) is 4. The van der Waals surface area contributed by atoms with Crippen LogP contribution in [0.25, 0.3) is 0 Å². The van der Waals surface area contributed by atoms with Crippen LogP contribution in [0.2, 0.25) is 10.6 Å². The van der Waals surface area contributed by atoms with Crippen molar-refractivity contribution in [3.8, 4) is 0 Å². The van der Waals surface area contributed by atoms with Gasteiger partial charge in [0.05, 0.1) is 0 Å². The quantitative estimate of drug-likeness (QED) is 0.478. The van der Waals surface area contributed by atoms with Crippen LogP contribution in [0.4, 0.5) is 0 Å². The Bertz CT molecular complexity index is 255. The van der Waals surface area contributed by atoms with Crippen molar-refractivity contribution in [1.82, 2.24) is 0 Å². The van der Waals surface area contributed by atoms with E-state index in [4.69, 9.17) is 0 Å². The van der Waals surface area contributed by atoms with Crippen LogP contribution in [0.5, 0.6) is 0 Å². The van der Waals surface area contributed by atoms with Crippen LogP contribution < -0.4 is 0 Å². The van der Waals surface area contributed by atoms with Gasteiger partial charge < -0.3 is 0 Å². The molecule has 0 N–H and O–H groups in total. The van der Waals surface area contributed by atoms with E-state index in [0.29, 0.717) is 0 Å². The molecule has 0 spiro atoms. The van der Waals surface area contributed by atoms with E-state index in [2.05, 4.69) is 0 Å². The van der Waals surface area contributed by atoms with E-state index >= 15 is 0 Å². The van der Waals surface area contributed by atoms with Crippen LogP contribution in [-0.4, -0.2) is 23.1 Å². The van der Waals surface area contributed by atoms with Gasteiger partial charge in [-0.15, -0.1) is 0 Å². The van der Waals surface area contributed by atoms with Gasteiger partial charge in [-0.2, -0.15) is 0 Å². The molecule has 0 aliphatic carbocycles. The zero-order valence-electron chi connectivity index (χ0n) is 8.84. The molecule has 0 saturated heterocycles. The molecule has 0 heterocycles. The van der Waals surface area contributed by atoms with E-state index < -0.39 is 0 Å². The molecule has 5 heteroatoms. The number of hydrogen-bond donors (Lipinski definition) is 0. The summed E-state index contributed by atoms with van der Waals surface area (Å²) in [7, 11) is 0. The standard InChI is InChI=1S/2C5H7O2.Mn/c2*1-4(6)3-5(2)7;/h2*1,3H2,2H3;. The first kappa shape index (κ1) is 14.2. The maximum atomic E-state index is 11.1. The second kappa shape index (κ2) is 7.49. The van der Waals surface area contributed by atoms with Crippen molar-refractivity contribution < 1.29 is 34.1 Å². The molecule has 4 nitrogen and oxygen atoms in total. The van der Waals surface area contributed by atoms with Crippen molar-refractivity contribution in [3.05, 3.63) is 0 Å². The minimum absolute atomic E-state index is 0.0469. The fourth-order valence-corrected chi connectivity index (χ4v) is 2.01. The summed E-state index contributed by atoms with van der Waals surface area (Å²) in [5.41, 5.74) is 0. The summed E-state index contributed by atoms with van der Waals surface area (Å²) >= 11 is 0.158. The van der Waals surface area contributed by atoms with E-state index in [-0.39, 0.29) is 61.6 Å². The molecule has 0 rings (SSSR count). The molecule has 85 valence electrons. The summed E-state index contributed by atoms with van der Waals surface area (Å²) in [5, 5.41) is 0.541. The first-order valence-electron chi connectivity index (χ1n) is 4.47. The molecule has 0 radical (unpaired) electrons. The maximum absolute atomic E-state index is 11.1. The monoisotopic (exact) mass is 253 g/mol. The molecule has 0 fully saturated rings. The van der Waals surface area contributed by atoms with Crippen LogP contribution in [-0.2, 0) is 34.1 Å². The summed E-state index contributed by atoms with van der Waals surface area (Å²) in [6.07, 6.45) is -0.0937. The van der Waals surface area contributed by atoms with Gasteiger partial charge >= 0.3 is 94.6 Å². The van der Waals surface area contributed by atoms with E-state index in [1.807, 2.05) is 0 Å². The first-order valence-corrected chi connectivity index (χ1v) is 6.14. The predicted octanol–water partition coefficient (Wildman–Crippen LogP) is 1.00. The average Bonchev–Trinajstić information content (AvgIpc) is 2.00. The van der Waals surface area contributed by atoms with Gasteiger partial charge in [0.2, 0.25) is 0 Å². The van der Waals surface area contributed by atoms with E-state index in [9.17, 15) is 19.2 Å². The Kier molecular flexibility index (Phi) is 7.09. The van der Waals surface area contributed by atoms with Gasteiger partial charge in [0, 0.05) is 0 Å². The number of ketones is 4. The topological polar surface area (TPSA) is 68.3 Å². The molecular weight excluding hydrogens is 239 g/mol. The minimum atomic E-state index is -0.152. The van der Waals surface area contributed by atoms with Crippen LogP contribution in [0, 0.1) is 0 Å². The van der Waals surface area contributed by atoms with Crippen molar-refractivity contribution in [2.24, 2.45) is 0 Å². The molecule has 0 aliphatic rings. The van der Waals surface area contributed by atoms with Gasteiger partial charge in [-0.1, -0.05) is 0 Å². The number of hydrogen-bond acceptors (Lipinski definition) is 4. The molecule has 0 atom stereocenters. The van der Waals surface area contributed by atoms with Gasteiger partial charge in [-0.3, -0.25) is 0 Å². The Morgan fingerprint density at radius 2 is 1.13 bits per heavy atom. The van der Waals surface area contributed by atoms with Crippen molar-refractivity contribution in [2.45, 2.75) is 37.3 Å². The van der Waals surface area contributed by atoms with Crippen molar-refractivity contribution in [2.75, 3.05) is 0 Å². The van der Waals surface area contributed by atoms with Crippen LogP contribution >= 0.6 is 0 Å². The van der Waals surface area contributed by atoms with Crippen LogP contribution in [0.1, 0.15) is 26.7 Å². The normalized spacial score (nSPS) is 9.73. The Morgan fingerprint density at radius 3 is 1.40 bits per heavy atom. The van der Waals surface area contributed by atoms with Gasteiger partial charge in [-0.05, 0) is 0 Å². The molecule has 0 aromatic rings. The summed E-state index contributed by atoms with van der Waals surface area (Å²) in [6.45, 7) is 2.73. The zero-order valence-corrected chi connectivity index (χ0v) is 10.0. The zero-order chi connectivity index (χ0) is 11.8. The number of carbonyl (C=O) groups is 4. The van der Waals surface area contributed by atoms with Gasteiger partial charge in [0.1, 0.15) is 0 Å². The van der Waals surface area contributed by atoms with Crippen molar-refractivity contribution in [3.63, 3.8) is 0 Å². The summed E-state index contributed by atoms with van der Waals surface area (Å²) in [4.78, 5) is 43.3. The van der Waals surface area contributed by atoms with Crippen LogP contribution in [0.3, 0.4) is 0 Å². The van der Waals surface area contributed by atoms with E-state index in [1.54, 1.807) is 0 Å². The third-order valence-electron chi connectivity index (χ3n) is 1.38. The fraction of sp³-hybridized carbons (Fsp3) is 0.600. The molecule has 15 heavy (non-hydrogen) atoms. The third kappa shape index (κ3) is 9.50. The second-order valence-electron chi connectivity index (χ2n) is 3.29.